The van der Waals surface area contributed by atoms with E-state index in [1.165, 1.54) is 0 Å². The summed E-state index contributed by atoms with van der Waals surface area (Å²) in [5.41, 5.74) is 0. The van der Waals surface area contributed by atoms with Gasteiger partial charge in [0.05, 0.1) is 12.2 Å². The second-order valence-corrected chi connectivity index (χ2v) is 2.68. The van der Waals surface area contributed by atoms with Crippen LogP contribution in [0.5, 0.6) is 0 Å². The number of nitrogens with zero attached hydrogens (tertiary/aromatic N) is 1. The number of hydrogen-bond donors (Lipinski definition) is 2. The summed E-state index contributed by atoms with van der Waals surface area (Å²) >= 11 is 0. The average molecular weight is 170 g/mol. The van der Waals surface area contributed by atoms with Gasteiger partial charge in [0.2, 0.25) is 5.91 Å². The molecule has 0 aromatic rings. The highest BCUT2D eigenvalue weighted by Gasteiger charge is 2.14. The number of nitrogens with one attached hydrogen (secondary N) is 1. The smallest absolute Gasteiger partial charge is 0.237 e. The summed E-state index contributed by atoms with van der Waals surface area (Å²) in [5.74, 6) is -0.898. The van der Waals surface area contributed by atoms with Crippen LogP contribution in [0.25, 0.3) is 0 Å². The number of rotatable bonds is 4. The van der Waals surface area contributed by atoms with E-state index in [2.05, 4.69) is 5.32 Å². The molecule has 4 nitrogen and oxygen atoms in total. The molecule has 0 aromatic heterocycles. The van der Waals surface area contributed by atoms with Gasteiger partial charge in [-0.2, -0.15) is 5.26 Å². The number of nitriles is 1. The van der Waals surface area contributed by atoms with Crippen molar-refractivity contribution in [1.29, 1.82) is 5.26 Å². The fourth-order valence-electron chi connectivity index (χ4n) is 0.707. The van der Waals surface area contributed by atoms with E-state index in [1.807, 2.05) is 6.07 Å². The molecule has 0 saturated carbocycles. The Kier molecular flexibility index (Phi) is 5.06. The molecule has 0 aliphatic rings. The van der Waals surface area contributed by atoms with Crippen molar-refractivity contribution in [1.82, 2.24) is 5.32 Å². The Hall–Kier alpha value is -1.08. The Labute approximate surface area is 72.2 Å². The molecule has 0 aromatic carbocycles. The number of aliphatic hydroxyl groups excluding tert-OH is 1. The normalized spacial score (nSPS) is 14.5. The van der Waals surface area contributed by atoms with E-state index in [0.717, 1.165) is 0 Å². The number of carbonyl (C=O) groups is 1. The monoisotopic (exact) mass is 170 g/mol. The Bertz CT molecular complexity index is 184. The van der Waals surface area contributed by atoms with Gasteiger partial charge in [0.25, 0.3) is 0 Å². The minimum absolute atomic E-state index is 0.205. The van der Waals surface area contributed by atoms with Crippen molar-refractivity contribution in [2.24, 2.45) is 5.92 Å². The molecule has 68 valence electrons. The minimum atomic E-state index is -0.594. The molecule has 0 radical (unpaired) electrons. The standard InChI is InChI=1S/C8H14N2O2/c1-3-7(4-9)8(12)10-5-6(2)11/h6-7,11H,3,5H2,1-2H3,(H,10,12)/t6-,7?/m1/s1. The van der Waals surface area contributed by atoms with Gasteiger partial charge in [0.1, 0.15) is 5.92 Å². The van der Waals surface area contributed by atoms with Gasteiger partial charge < -0.3 is 10.4 Å². The molecule has 1 unspecified atom stereocenters. The summed E-state index contributed by atoms with van der Waals surface area (Å²) in [7, 11) is 0. The number of amides is 1. The van der Waals surface area contributed by atoms with Crippen LogP contribution in [0.4, 0.5) is 0 Å². The maximum Gasteiger partial charge on any atom is 0.237 e. The molecule has 0 fully saturated rings. The van der Waals surface area contributed by atoms with E-state index in [-0.39, 0.29) is 12.5 Å². The zero-order valence-electron chi connectivity index (χ0n) is 7.37. The lowest BCUT2D eigenvalue weighted by atomic mass is 10.1. The van der Waals surface area contributed by atoms with Crippen molar-refractivity contribution in [2.45, 2.75) is 26.4 Å². The van der Waals surface area contributed by atoms with Gasteiger partial charge in [0, 0.05) is 6.54 Å². The van der Waals surface area contributed by atoms with Gasteiger partial charge in [0.15, 0.2) is 0 Å². The van der Waals surface area contributed by atoms with Gasteiger partial charge >= 0.3 is 0 Å². The maximum atomic E-state index is 11.1. The molecule has 4 heteroatoms. The van der Waals surface area contributed by atoms with Gasteiger partial charge in [-0.05, 0) is 13.3 Å². The Balaban J connectivity index is 3.79. The molecule has 0 bridgehead atoms. The van der Waals surface area contributed by atoms with Crippen molar-refractivity contribution in [3.63, 3.8) is 0 Å². The zero-order valence-corrected chi connectivity index (χ0v) is 7.37. The minimum Gasteiger partial charge on any atom is -0.392 e. The number of carbonyl (C=O) groups excluding carboxylic acids is 1. The van der Waals surface area contributed by atoms with Crippen LogP contribution in [0, 0.1) is 17.2 Å². The topological polar surface area (TPSA) is 73.1 Å². The Morgan fingerprint density at radius 3 is 2.67 bits per heavy atom. The molecule has 0 saturated heterocycles. The van der Waals surface area contributed by atoms with E-state index >= 15 is 0 Å². The predicted octanol–water partition coefficient (Wildman–Crippen LogP) is 0.0332. The predicted molar refractivity (Wildman–Crippen MR) is 44.1 cm³/mol. The van der Waals surface area contributed by atoms with Crippen LogP contribution in [0.2, 0.25) is 0 Å². The fraction of sp³-hybridized carbons (Fsp3) is 0.750. The van der Waals surface area contributed by atoms with E-state index in [4.69, 9.17) is 10.4 Å². The van der Waals surface area contributed by atoms with Gasteiger partial charge in [-0.1, -0.05) is 6.92 Å². The van der Waals surface area contributed by atoms with Crippen molar-refractivity contribution >= 4 is 5.91 Å². The Morgan fingerprint density at radius 2 is 2.33 bits per heavy atom. The third-order valence-electron chi connectivity index (χ3n) is 1.45. The van der Waals surface area contributed by atoms with Crippen LogP contribution < -0.4 is 5.32 Å². The summed E-state index contributed by atoms with van der Waals surface area (Å²) < 4.78 is 0. The summed E-state index contributed by atoms with van der Waals surface area (Å²) in [6, 6.07) is 1.88. The van der Waals surface area contributed by atoms with Gasteiger partial charge in [-0.15, -0.1) is 0 Å². The van der Waals surface area contributed by atoms with E-state index < -0.39 is 12.0 Å². The molecule has 12 heavy (non-hydrogen) atoms. The van der Waals surface area contributed by atoms with E-state index in [9.17, 15) is 4.79 Å². The fourth-order valence-corrected chi connectivity index (χ4v) is 0.707. The molecular formula is C8H14N2O2. The van der Waals surface area contributed by atoms with Crippen molar-refractivity contribution in [3.8, 4) is 6.07 Å². The first-order valence-corrected chi connectivity index (χ1v) is 3.97. The molecule has 0 rings (SSSR count). The van der Waals surface area contributed by atoms with E-state index in [0.29, 0.717) is 6.42 Å². The SMILES string of the molecule is CCC(C#N)C(=O)NC[C@@H](C)O. The van der Waals surface area contributed by atoms with Gasteiger partial charge in [-0.3, -0.25) is 4.79 Å². The quantitative estimate of drug-likeness (QED) is 0.625. The summed E-state index contributed by atoms with van der Waals surface area (Å²) in [6.07, 6.45) is -0.0626. The van der Waals surface area contributed by atoms with Crippen LogP contribution in [0.15, 0.2) is 0 Å². The molecule has 2 atom stereocenters. The summed E-state index contributed by atoms with van der Waals surface area (Å²) in [6.45, 7) is 3.56. The highest BCUT2D eigenvalue weighted by molar-refractivity contribution is 5.80. The molecule has 0 aliphatic carbocycles. The molecule has 0 aliphatic heterocycles. The molecule has 0 heterocycles. The lowest BCUT2D eigenvalue weighted by molar-refractivity contribution is -0.123. The first kappa shape index (κ1) is 10.9. The second kappa shape index (κ2) is 5.56. The lowest BCUT2D eigenvalue weighted by Crippen LogP contribution is -2.34. The maximum absolute atomic E-state index is 11.1. The molecule has 0 spiro atoms. The molecule has 2 N–H and O–H groups in total. The lowest BCUT2D eigenvalue weighted by Gasteiger charge is -2.09. The summed E-state index contributed by atoms with van der Waals surface area (Å²) in [4.78, 5) is 11.1. The third-order valence-corrected chi connectivity index (χ3v) is 1.45. The van der Waals surface area contributed by atoms with Crippen molar-refractivity contribution in [2.75, 3.05) is 6.54 Å². The molecule has 1 amide bonds. The average Bonchev–Trinajstić information content (AvgIpc) is 2.03. The first-order valence-electron chi connectivity index (χ1n) is 3.97. The highest BCUT2D eigenvalue weighted by Crippen LogP contribution is 1.99. The Morgan fingerprint density at radius 1 is 1.75 bits per heavy atom. The number of aliphatic hydroxyl groups is 1. The van der Waals surface area contributed by atoms with Crippen LogP contribution in [0.1, 0.15) is 20.3 Å². The van der Waals surface area contributed by atoms with Crippen LogP contribution in [0.3, 0.4) is 0 Å². The van der Waals surface area contributed by atoms with Crippen LogP contribution in [-0.2, 0) is 4.79 Å². The largest absolute Gasteiger partial charge is 0.392 e. The highest BCUT2D eigenvalue weighted by atomic mass is 16.3. The van der Waals surface area contributed by atoms with Crippen molar-refractivity contribution < 1.29 is 9.90 Å². The van der Waals surface area contributed by atoms with E-state index in [1.54, 1.807) is 13.8 Å². The van der Waals surface area contributed by atoms with Crippen LogP contribution in [-0.4, -0.2) is 23.7 Å². The van der Waals surface area contributed by atoms with Gasteiger partial charge in [-0.25, -0.2) is 0 Å². The molecular weight excluding hydrogens is 156 g/mol. The third kappa shape index (κ3) is 3.94. The van der Waals surface area contributed by atoms with Crippen molar-refractivity contribution in [3.05, 3.63) is 0 Å². The second-order valence-electron chi connectivity index (χ2n) is 2.68. The first-order chi connectivity index (χ1) is 5.61. The zero-order chi connectivity index (χ0) is 9.56. The van der Waals surface area contributed by atoms with Crippen LogP contribution >= 0.6 is 0 Å². The number of hydrogen-bond acceptors (Lipinski definition) is 3. The summed E-state index contributed by atoms with van der Waals surface area (Å²) in [5, 5.41) is 19.8.